The number of hydrogen-bond donors (Lipinski definition) is 2. The Labute approximate surface area is 174 Å². The lowest BCUT2D eigenvalue weighted by Crippen LogP contribution is -2.50. The van der Waals surface area contributed by atoms with E-state index >= 15 is 0 Å². The first-order valence-corrected chi connectivity index (χ1v) is 10.2. The van der Waals surface area contributed by atoms with Crippen LogP contribution in [0, 0.1) is 0 Å². The molecule has 1 N–H and O–H groups in total. The van der Waals surface area contributed by atoms with Crippen LogP contribution in [0.2, 0.25) is 5.02 Å². The van der Waals surface area contributed by atoms with Crippen molar-refractivity contribution in [3.8, 4) is 5.75 Å². The van der Waals surface area contributed by atoms with Crippen molar-refractivity contribution >= 4 is 40.0 Å². The van der Waals surface area contributed by atoms with Gasteiger partial charge >= 0.3 is 0 Å². The number of piperazine rings is 1. The van der Waals surface area contributed by atoms with E-state index in [0.717, 1.165) is 0 Å². The van der Waals surface area contributed by atoms with E-state index in [9.17, 15) is 18.0 Å². The van der Waals surface area contributed by atoms with Crippen LogP contribution in [0.25, 0.3) is 0 Å². The van der Waals surface area contributed by atoms with Crippen molar-refractivity contribution in [3.63, 3.8) is 0 Å². The van der Waals surface area contributed by atoms with Gasteiger partial charge in [-0.25, -0.2) is 13.4 Å². The Morgan fingerprint density at radius 2 is 1.72 bits per heavy atom. The lowest BCUT2D eigenvalue weighted by atomic mass is 10.1. The van der Waals surface area contributed by atoms with E-state index in [-0.39, 0.29) is 23.3 Å². The van der Waals surface area contributed by atoms with Gasteiger partial charge < -0.3 is 14.5 Å². The van der Waals surface area contributed by atoms with Crippen molar-refractivity contribution in [1.82, 2.24) is 14.8 Å². The molecule has 2 aromatic rings. The molecule has 1 aliphatic heterocycles. The van der Waals surface area contributed by atoms with Gasteiger partial charge in [-0.2, -0.15) is 0 Å². The molecule has 1 aromatic carbocycles. The van der Waals surface area contributed by atoms with Crippen LogP contribution < -0.4 is 9.46 Å². The summed E-state index contributed by atoms with van der Waals surface area (Å²) in [6.07, 6.45) is 1.42. The van der Waals surface area contributed by atoms with Crippen LogP contribution in [-0.4, -0.2) is 68.3 Å². The number of methoxy groups -OCH3 is 1. The fraction of sp³-hybridized carbons (Fsp3) is 0.278. The highest BCUT2D eigenvalue weighted by Gasteiger charge is 2.26. The first kappa shape index (κ1) is 20.9. The second-order valence-corrected chi connectivity index (χ2v) is 7.40. The lowest BCUT2D eigenvalue weighted by Gasteiger charge is -2.34. The number of ether oxygens (including phenoxy) is 1. The van der Waals surface area contributed by atoms with Crippen LogP contribution in [0.4, 0.5) is 5.69 Å². The Balaban J connectivity index is 1.65. The minimum Gasteiger partial charge on any atom is -0.495 e. The maximum absolute atomic E-state index is 12.8. The average Bonchev–Trinajstić information content (AvgIpc) is 2.73. The summed E-state index contributed by atoms with van der Waals surface area (Å²) >= 11 is 5.80. The molecule has 0 radical (unpaired) electrons. The summed E-state index contributed by atoms with van der Waals surface area (Å²) in [6, 6.07) is 7.67. The van der Waals surface area contributed by atoms with Crippen molar-refractivity contribution in [1.29, 1.82) is 0 Å². The zero-order valence-electron chi connectivity index (χ0n) is 15.5. The summed E-state index contributed by atoms with van der Waals surface area (Å²) in [4.78, 5) is 32.6. The number of amides is 2. The molecule has 1 saturated heterocycles. The second kappa shape index (κ2) is 9.10. The Hall–Kier alpha value is -2.85. The van der Waals surface area contributed by atoms with Gasteiger partial charge in [-0.15, -0.1) is 0 Å². The van der Waals surface area contributed by atoms with E-state index in [0.29, 0.717) is 42.5 Å². The topological polar surface area (TPSA) is 109 Å². The van der Waals surface area contributed by atoms with Gasteiger partial charge in [0, 0.05) is 37.9 Å². The SMILES string of the molecule is COc1cc(C(=O)N2CCN(C(=O)c3ccc(Cl)cn3)CC2)ccc1N[SH](=O)=O. The Bertz CT molecular complexity index is 980. The van der Waals surface area contributed by atoms with Crippen molar-refractivity contribution < 1.29 is 22.7 Å². The molecule has 0 saturated carbocycles. The van der Waals surface area contributed by atoms with E-state index in [1.807, 2.05) is 0 Å². The van der Waals surface area contributed by atoms with E-state index in [1.165, 1.54) is 31.5 Å². The van der Waals surface area contributed by atoms with E-state index in [4.69, 9.17) is 16.3 Å². The number of carbonyl (C=O) groups is 2. The number of nitrogens with one attached hydrogen (secondary N) is 1. The fourth-order valence-electron chi connectivity index (χ4n) is 2.97. The molecule has 1 fully saturated rings. The molecule has 3 rings (SSSR count). The molecule has 11 heteroatoms. The van der Waals surface area contributed by atoms with Crippen molar-refractivity contribution in [2.45, 2.75) is 0 Å². The Kier molecular flexibility index (Phi) is 6.55. The molecule has 0 atom stereocenters. The first-order valence-electron chi connectivity index (χ1n) is 8.68. The van der Waals surface area contributed by atoms with Crippen LogP contribution in [-0.2, 0) is 10.9 Å². The summed E-state index contributed by atoms with van der Waals surface area (Å²) in [5.41, 5.74) is 0.928. The van der Waals surface area contributed by atoms with Gasteiger partial charge in [0.05, 0.1) is 17.8 Å². The van der Waals surface area contributed by atoms with Gasteiger partial charge in [-0.05, 0) is 30.3 Å². The second-order valence-electron chi connectivity index (χ2n) is 6.23. The van der Waals surface area contributed by atoms with Crippen molar-refractivity contribution in [2.75, 3.05) is 38.0 Å². The summed E-state index contributed by atoms with van der Waals surface area (Å²) in [5, 5.41) is 0.454. The highest BCUT2D eigenvalue weighted by molar-refractivity contribution is 7.73. The summed E-state index contributed by atoms with van der Waals surface area (Å²) in [6.45, 7) is 1.49. The van der Waals surface area contributed by atoms with Crippen molar-refractivity contribution in [3.05, 3.63) is 52.8 Å². The number of thiol groups is 1. The molecule has 0 aliphatic carbocycles. The lowest BCUT2D eigenvalue weighted by molar-refractivity contribution is 0.0532. The Morgan fingerprint density at radius 3 is 2.28 bits per heavy atom. The molecule has 2 amide bonds. The third-order valence-corrected chi connectivity index (χ3v) is 5.11. The van der Waals surface area contributed by atoms with Crippen LogP contribution in [0.15, 0.2) is 36.5 Å². The maximum atomic E-state index is 12.8. The number of rotatable bonds is 5. The molecular weight excluding hydrogens is 420 g/mol. The number of benzene rings is 1. The molecule has 1 aromatic heterocycles. The molecule has 2 heterocycles. The fourth-order valence-corrected chi connectivity index (χ4v) is 3.47. The molecule has 0 bridgehead atoms. The van der Waals surface area contributed by atoms with Gasteiger partial charge in [-0.1, -0.05) is 11.6 Å². The third-order valence-electron chi connectivity index (χ3n) is 4.46. The number of nitrogens with zero attached hydrogens (tertiary/aromatic N) is 3. The molecule has 29 heavy (non-hydrogen) atoms. The number of anilines is 1. The van der Waals surface area contributed by atoms with Gasteiger partial charge in [-0.3, -0.25) is 14.3 Å². The maximum Gasteiger partial charge on any atom is 0.272 e. The molecule has 0 spiro atoms. The van der Waals surface area contributed by atoms with Gasteiger partial charge in [0.15, 0.2) is 0 Å². The number of carbonyl (C=O) groups excluding carboxylic acids is 2. The normalized spacial score (nSPS) is 14.0. The zero-order valence-corrected chi connectivity index (χ0v) is 17.2. The summed E-state index contributed by atoms with van der Waals surface area (Å²) in [5.74, 6) is -0.187. The minimum atomic E-state index is -2.84. The van der Waals surface area contributed by atoms with E-state index in [2.05, 4.69) is 9.71 Å². The van der Waals surface area contributed by atoms with E-state index < -0.39 is 10.9 Å². The largest absolute Gasteiger partial charge is 0.495 e. The minimum absolute atomic E-state index is 0.211. The number of halogens is 1. The number of aromatic nitrogens is 1. The highest BCUT2D eigenvalue weighted by atomic mass is 35.5. The number of hydrogen-bond acceptors (Lipinski definition) is 6. The smallest absolute Gasteiger partial charge is 0.272 e. The first-order chi connectivity index (χ1) is 13.9. The van der Waals surface area contributed by atoms with Gasteiger partial charge in [0.2, 0.25) is 10.9 Å². The molecule has 1 aliphatic rings. The molecule has 154 valence electrons. The average molecular weight is 439 g/mol. The highest BCUT2D eigenvalue weighted by Crippen LogP contribution is 2.26. The predicted molar refractivity (Wildman–Crippen MR) is 108 cm³/mol. The van der Waals surface area contributed by atoms with Gasteiger partial charge in [0.1, 0.15) is 11.4 Å². The third kappa shape index (κ3) is 4.96. The van der Waals surface area contributed by atoms with Crippen LogP contribution in [0.1, 0.15) is 20.8 Å². The molecule has 0 unspecified atom stereocenters. The van der Waals surface area contributed by atoms with E-state index in [1.54, 1.807) is 21.9 Å². The molecular formula is C18H19ClN4O5S. The summed E-state index contributed by atoms with van der Waals surface area (Å²) in [7, 11) is -1.45. The Morgan fingerprint density at radius 1 is 1.07 bits per heavy atom. The standard InChI is InChI=1S/C18H19ClN4O5S/c1-28-16-10-12(2-4-14(16)21-29(26)27)17(24)22-6-8-23(9-7-22)18(25)15-5-3-13(19)11-20-15/h2-5,10-11,29H,6-9H2,1H3,(H,21,26,27). The van der Waals surface area contributed by atoms with Gasteiger partial charge in [0.25, 0.3) is 11.8 Å². The quantitative estimate of drug-likeness (QED) is 0.681. The van der Waals surface area contributed by atoms with Crippen LogP contribution >= 0.6 is 11.6 Å². The van der Waals surface area contributed by atoms with Crippen LogP contribution in [0.5, 0.6) is 5.75 Å². The zero-order chi connectivity index (χ0) is 21.0. The molecule has 9 nitrogen and oxygen atoms in total. The number of pyridine rings is 1. The monoisotopic (exact) mass is 438 g/mol. The van der Waals surface area contributed by atoms with Crippen molar-refractivity contribution in [2.24, 2.45) is 0 Å². The van der Waals surface area contributed by atoms with Crippen LogP contribution in [0.3, 0.4) is 0 Å². The predicted octanol–water partition coefficient (Wildman–Crippen LogP) is 1.28. The summed E-state index contributed by atoms with van der Waals surface area (Å²) < 4.78 is 29.1.